The van der Waals surface area contributed by atoms with Crippen LogP contribution in [0.5, 0.6) is 0 Å². The van der Waals surface area contributed by atoms with Gasteiger partial charge < -0.3 is 10.2 Å². The predicted octanol–water partition coefficient (Wildman–Crippen LogP) is 3.07. The summed E-state index contributed by atoms with van der Waals surface area (Å²) < 4.78 is 13.9. The Kier molecular flexibility index (Phi) is 5.70. The fraction of sp³-hybridized carbons (Fsp3) is 0.562. The first-order chi connectivity index (χ1) is 10.1. The number of nitrogens with zero attached hydrogens (tertiary/aromatic N) is 1. The van der Waals surface area contributed by atoms with Crippen molar-refractivity contribution in [1.29, 1.82) is 0 Å². The van der Waals surface area contributed by atoms with E-state index in [1.807, 2.05) is 11.9 Å². The summed E-state index contributed by atoms with van der Waals surface area (Å²) in [4.78, 5) is 14.4. The van der Waals surface area contributed by atoms with Gasteiger partial charge in [0.1, 0.15) is 5.82 Å². The quantitative estimate of drug-likeness (QED) is 0.908. The minimum atomic E-state index is -0.294. The Hall–Kier alpha value is -0.840. The van der Waals surface area contributed by atoms with Crippen LogP contribution in [0.25, 0.3) is 0 Å². The molecule has 1 aliphatic heterocycles. The molecule has 1 aromatic carbocycles. The molecule has 122 valence electrons. The van der Waals surface area contributed by atoms with Gasteiger partial charge in [0.15, 0.2) is 0 Å². The lowest BCUT2D eigenvalue weighted by Gasteiger charge is -2.17. The summed E-state index contributed by atoms with van der Waals surface area (Å²) in [6, 6.07) is 4.71. The number of carbonyl (C=O) groups is 1. The molecule has 1 heterocycles. The third-order valence-electron chi connectivity index (χ3n) is 4.57. The highest BCUT2D eigenvalue weighted by molar-refractivity contribution is 6.31. The Morgan fingerprint density at radius 2 is 2.27 bits per heavy atom. The number of amides is 1. The Balaban J connectivity index is 0.00000176. The fourth-order valence-corrected chi connectivity index (χ4v) is 3.68. The number of likely N-dealkylation sites (tertiary alicyclic amines) is 1. The zero-order chi connectivity index (χ0) is 15.0. The number of rotatable bonds is 4. The highest BCUT2D eigenvalue weighted by atomic mass is 35.5. The molecule has 3 rings (SSSR count). The Morgan fingerprint density at radius 3 is 2.95 bits per heavy atom. The summed E-state index contributed by atoms with van der Waals surface area (Å²) in [7, 11) is 1.93. The van der Waals surface area contributed by atoms with Crippen molar-refractivity contribution >= 4 is 29.9 Å². The number of nitrogens with one attached hydrogen (secondary N) is 1. The molecule has 3 unspecified atom stereocenters. The molecule has 1 saturated heterocycles. The predicted molar refractivity (Wildman–Crippen MR) is 88.1 cm³/mol. The van der Waals surface area contributed by atoms with Gasteiger partial charge in [0.05, 0.1) is 0 Å². The van der Waals surface area contributed by atoms with Crippen molar-refractivity contribution in [2.75, 3.05) is 26.7 Å². The second-order valence-corrected chi connectivity index (χ2v) is 6.49. The van der Waals surface area contributed by atoms with Gasteiger partial charge in [-0.2, -0.15) is 0 Å². The average molecular weight is 347 g/mol. The lowest BCUT2D eigenvalue weighted by Crippen LogP contribution is -2.31. The second-order valence-electron chi connectivity index (χ2n) is 6.08. The minimum absolute atomic E-state index is 0. The van der Waals surface area contributed by atoms with Gasteiger partial charge in [0.25, 0.3) is 0 Å². The van der Waals surface area contributed by atoms with Crippen LogP contribution in [0, 0.1) is 17.7 Å². The third-order valence-corrected chi connectivity index (χ3v) is 4.90. The minimum Gasteiger partial charge on any atom is -0.342 e. The van der Waals surface area contributed by atoms with Crippen LogP contribution in [-0.2, 0) is 4.79 Å². The zero-order valence-corrected chi connectivity index (χ0v) is 14.1. The van der Waals surface area contributed by atoms with E-state index in [1.54, 1.807) is 12.1 Å². The van der Waals surface area contributed by atoms with Crippen molar-refractivity contribution in [3.8, 4) is 0 Å². The molecule has 0 radical (unpaired) electrons. The second kappa shape index (κ2) is 7.16. The Labute approximate surface area is 141 Å². The van der Waals surface area contributed by atoms with Gasteiger partial charge >= 0.3 is 0 Å². The number of hydrogen-bond acceptors (Lipinski definition) is 2. The Bertz CT molecular complexity index is 535. The van der Waals surface area contributed by atoms with Crippen molar-refractivity contribution in [3.05, 3.63) is 34.6 Å². The van der Waals surface area contributed by atoms with E-state index >= 15 is 0 Å². The fourth-order valence-electron chi connectivity index (χ4n) is 3.37. The molecule has 0 spiro atoms. The van der Waals surface area contributed by atoms with Gasteiger partial charge in [-0.25, -0.2) is 4.39 Å². The van der Waals surface area contributed by atoms with Crippen molar-refractivity contribution in [3.63, 3.8) is 0 Å². The van der Waals surface area contributed by atoms with Crippen LogP contribution in [0.4, 0.5) is 4.39 Å². The highest BCUT2D eigenvalue weighted by Crippen LogP contribution is 2.51. The van der Waals surface area contributed by atoms with Crippen molar-refractivity contribution in [1.82, 2.24) is 10.2 Å². The van der Waals surface area contributed by atoms with Crippen LogP contribution in [0.1, 0.15) is 24.3 Å². The first-order valence-electron chi connectivity index (χ1n) is 7.49. The highest BCUT2D eigenvalue weighted by Gasteiger charge is 2.48. The van der Waals surface area contributed by atoms with Crippen LogP contribution in [0.15, 0.2) is 18.2 Å². The van der Waals surface area contributed by atoms with Gasteiger partial charge in [-0.05, 0) is 44.5 Å². The van der Waals surface area contributed by atoms with Gasteiger partial charge in [0, 0.05) is 35.5 Å². The summed E-state index contributed by atoms with van der Waals surface area (Å²) in [6.07, 6.45) is 1.76. The molecule has 1 amide bonds. The maximum Gasteiger partial charge on any atom is 0.226 e. The molecule has 3 nitrogen and oxygen atoms in total. The van der Waals surface area contributed by atoms with Crippen LogP contribution < -0.4 is 5.32 Å². The SMILES string of the molecule is CNCC1CCN(C(=O)C2CC2c2c(F)cccc2Cl)C1.Cl. The molecule has 2 aliphatic rings. The molecule has 2 fully saturated rings. The zero-order valence-electron chi connectivity index (χ0n) is 12.5. The molecule has 0 aromatic heterocycles. The summed E-state index contributed by atoms with van der Waals surface area (Å²) in [6.45, 7) is 2.57. The van der Waals surface area contributed by atoms with E-state index in [0.29, 0.717) is 22.9 Å². The summed E-state index contributed by atoms with van der Waals surface area (Å²) in [5.41, 5.74) is 0.517. The first kappa shape index (κ1) is 17.5. The summed E-state index contributed by atoms with van der Waals surface area (Å²) in [5, 5.41) is 3.59. The van der Waals surface area contributed by atoms with E-state index in [1.165, 1.54) is 6.07 Å². The van der Waals surface area contributed by atoms with Crippen LogP contribution >= 0.6 is 24.0 Å². The van der Waals surface area contributed by atoms with Gasteiger partial charge in [-0.15, -0.1) is 12.4 Å². The van der Waals surface area contributed by atoms with E-state index in [2.05, 4.69) is 5.32 Å². The number of benzene rings is 1. The monoisotopic (exact) mass is 346 g/mol. The molecule has 6 heteroatoms. The van der Waals surface area contributed by atoms with Crippen LogP contribution in [0.3, 0.4) is 0 Å². The molecular weight excluding hydrogens is 326 g/mol. The van der Waals surface area contributed by atoms with E-state index in [0.717, 1.165) is 26.1 Å². The van der Waals surface area contributed by atoms with Gasteiger partial charge in [-0.3, -0.25) is 4.79 Å². The smallest absolute Gasteiger partial charge is 0.226 e. The average Bonchev–Trinajstić information content (AvgIpc) is 3.08. The molecule has 1 aromatic rings. The molecule has 1 saturated carbocycles. The van der Waals surface area contributed by atoms with Crippen LogP contribution in [-0.4, -0.2) is 37.5 Å². The maximum atomic E-state index is 13.9. The number of carbonyl (C=O) groups excluding carboxylic acids is 1. The molecular formula is C16H21Cl2FN2O. The van der Waals surface area contributed by atoms with E-state index in [4.69, 9.17) is 11.6 Å². The van der Waals surface area contributed by atoms with E-state index in [-0.39, 0.29) is 36.0 Å². The van der Waals surface area contributed by atoms with Crippen molar-refractivity contribution in [2.24, 2.45) is 11.8 Å². The number of halogens is 3. The largest absolute Gasteiger partial charge is 0.342 e. The third kappa shape index (κ3) is 3.39. The lowest BCUT2D eigenvalue weighted by atomic mass is 10.1. The maximum absolute atomic E-state index is 13.9. The standard InChI is InChI=1S/C16H20ClFN2O.ClH/c1-19-8-10-5-6-20(9-10)16(21)12-7-11(12)15-13(17)3-2-4-14(15)18;/h2-4,10-12,19H,5-9H2,1H3;1H. The molecule has 3 atom stereocenters. The summed E-state index contributed by atoms with van der Waals surface area (Å²) >= 11 is 6.09. The van der Waals surface area contributed by atoms with Crippen molar-refractivity contribution < 1.29 is 9.18 Å². The van der Waals surface area contributed by atoms with E-state index in [9.17, 15) is 9.18 Å². The van der Waals surface area contributed by atoms with Gasteiger partial charge in [0.2, 0.25) is 5.91 Å². The molecule has 1 N–H and O–H groups in total. The molecule has 1 aliphatic carbocycles. The molecule has 0 bridgehead atoms. The topological polar surface area (TPSA) is 32.3 Å². The van der Waals surface area contributed by atoms with Gasteiger partial charge in [-0.1, -0.05) is 17.7 Å². The Morgan fingerprint density at radius 1 is 1.50 bits per heavy atom. The van der Waals surface area contributed by atoms with Crippen LogP contribution in [0.2, 0.25) is 5.02 Å². The molecule has 22 heavy (non-hydrogen) atoms. The first-order valence-corrected chi connectivity index (χ1v) is 7.87. The lowest BCUT2D eigenvalue weighted by molar-refractivity contribution is -0.131. The van der Waals surface area contributed by atoms with E-state index < -0.39 is 0 Å². The van der Waals surface area contributed by atoms with Crippen molar-refractivity contribution in [2.45, 2.75) is 18.8 Å². The number of hydrogen-bond donors (Lipinski definition) is 1. The summed E-state index contributed by atoms with van der Waals surface area (Å²) in [5.74, 6) is 0.269. The normalized spacial score (nSPS) is 26.7.